The van der Waals surface area contributed by atoms with Gasteiger partial charge in [0.05, 0.1) is 11.4 Å². The molecule has 0 radical (unpaired) electrons. The van der Waals surface area contributed by atoms with E-state index < -0.39 is 0 Å². The summed E-state index contributed by atoms with van der Waals surface area (Å²) in [5, 5.41) is 12.2. The largest absolute Gasteiger partial charge is 0.508 e. The van der Waals surface area contributed by atoms with Gasteiger partial charge in [-0.25, -0.2) is 0 Å². The van der Waals surface area contributed by atoms with Gasteiger partial charge >= 0.3 is 0 Å². The van der Waals surface area contributed by atoms with Gasteiger partial charge in [0.2, 0.25) is 0 Å². The Kier molecular flexibility index (Phi) is 3.97. The normalized spacial score (nSPS) is 10.3. The lowest BCUT2D eigenvalue weighted by Crippen LogP contribution is -2.13. The molecule has 23 heavy (non-hydrogen) atoms. The number of carbonyl (C=O) groups excluding carboxylic acids is 1. The second kappa shape index (κ2) is 6.23. The predicted octanol–water partition coefficient (Wildman–Crippen LogP) is 3.89. The van der Waals surface area contributed by atoms with E-state index in [1.807, 2.05) is 42.5 Å². The molecule has 4 N–H and O–H groups in total. The molecule has 114 valence electrons. The number of nitrogen functional groups attached to an aromatic ring is 1. The Labute approximate surface area is 134 Å². The van der Waals surface area contributed by atoms with Gasteiger partial charge in [0.25, 0.3) is 5.91 Å². The first-order valence-electron chi connectivity index (χ1n) is 7.19. The quantitative estimate of drug-likeness (QED) is 0.642. The third-order valence-electron chi connectivity index (χ3n) is 3.54. The van der Waals surface area contributed by atoms with Crippen LogP contribution in [0.4, 0.5) is 11.4 Å². The summed E-state index contributed by atoms with van der Waals surface area (Å²) in [6.45, 7) is 0. The summed E-state index contributed by atoms with van der Waals surface area (Å²) < 4.78 is 0. The maximum Gasteiger partial charge on any atom is 0.255 e. The Morgan fingerprint density at radius 1 is 0.870 bits per heavy atom. The van der Waals surface area contributed by atoms with Crippen molar-refractivity contribution in [2.24, 2.45) is 0 Å². The van der Waals surface area contributed by atoms with E-state index in [4.69, 9.17) is 5.73 Å². The molecular formula is C19H16N2O2. The number of hydrogen-bond donors (Lipinski definition) is 3. The molecule has 0 spiro atoms. The average Bonchev–Trinajstić information content (AvgIpc) is 2.58. The summed E-state index contributed by atoms with van der Waals surface area (Å²) in [7, 11) is 0. The fourth-order valence-corrected chi connectivity index (χ4v) is 2.28. The van der Waals surface area contributed by atoms with Gasteiger partial charge in [0.15, 0.2) is 0 Å². The van der Waals surface area contributed by atoms with E-state index in [0.29, 0.717) is 16.9 Å². The highest BCUT2D eigenvalue weighted by molar-refractivity contribution is 6.06. The molecule has 0 saturated heterocycles. The molecule has 3 aromatic carbocycles. The van der Waals surface area contributed by atoms with Crippen LogP contribution in [0.15, 0.2) is 72.8 Å². The second-order valence-electron chi connectivity index (χ2n) is 5.17. The van der Waals surface area contributed by atoms with Crippen LogP contribution in [0.2, 0.25) is 0 Å². The van der Waals surface area contributed by atoms with Crippen molar-refractivity contribution in [2.75, 3.05) is 11.1 Å². The van der Waals surface area contributed by atoms with Crippen LogP contribution in [0.3, 0.4) is 0 Å². The molecule has 0 unspecified atom stereocenters. The molecule has 0 fully saturated rings. The van der Waals surface area contributed by atoms with E-state index >= 15 is 0 Å². The molecule has 3 aromatic rings. The van der Waals surface area contributed by atoms with Gasteiger partial charge in [-0.05, 0) is 47.5 Å². The molecular weight excluding hydrogens is 288 g/mol. The van der Waals surface area contributed by atoms with Crippen LogP contribution in [0.25, 0.3) is 11.1 Å². The van der Waals surface area contributed by atoms with Crippen molar-refractivity contribution >= 4 is 17.3 Å². The molecule has 4 heteroatoms. The lowest BCUT2D eigenvalue weighted by molar-refractivity contribution is 0.102. The van der Waals surface area contributed by atoms with Crippen molar-refractivity contribution in [3.8, 4) is 16.9 Å². The Hall–Kier alpha value is -3.27. The van der Waals surface area contributed by atoms with Crippen molar-refractivity contribution in [1.29, 1.82) is 0 Å². The number of rotatable bonds is 3. The number of nitrogens with one attached hydrogen (secondary N) is 1. The van der Waals surface area contributed by atoms with E-state index in [2.05, 4.69) is 5.32 Å². The van der Waals surface area contributed by atoms with Gasteiger partial charge in [0.1, 0.15) is 5.75 Å². The molecule has 3 rings (SSSR count). The Balaban J connectivity index is 1.89. The summed E-state index contributed by atoms with van der Waals surface area (Å²) in [6, 6.07) is 21.3. The molecule has 0 heterocycles. The maximum atomic E-state index is 12.3. The van der Waals surface area contributed by atoms with E-state index in [0.717, 1.165) is 11.1 Å². The zero-order valence-electron chi connectivity index (χ0n) is 12.4. The van der Waals surface area contributed by atoms with E-state index in [-0.39, 0.29) is 11.7 Å². The molecule has 0 aliphatic heterocycles. The minimum absolute atomic E-state index is 0.208. The molecule has 4 nitrogen and oxygen atoms in total. The van der Waals surface area contributed by atoms with Gasteiger partial charge in [-0.3, -0.25) is 4.79 Å². The minimum Gasteiger partial charge on any atom is -0.508 e. The first-order chi connectivity index (χ1) is 11.1. The number of benzene rings is 3. The first-order valence-corrected chi connectivity index (χ1v) is 7.19. The third kappa shape index (κ3) is 3.32. The van der Waals surface area contributed by atoms with Gasteiger partial charge in [0, 0.05) is 5.56 Å². The summed E-state index contributed by atoms with van der Waals surface area (Å²) in [4.78, 5) is 12.3. The fraction of sp³-hybridized carbons (Fsp3) is 0. The number of amides is 1. The minimum atomic E-state index is -0.208. The zero-order chi connectivity index (χ0) is 16.2. The van der Waals surface area contributed by atoms with Crippen molar-refractivity contribution in [1.82, 2.24) is 0 Å². The number of aromatic hydroxyl groups is 1. The Morgan fingerprint density at radius 2 is 1.52 bits per heavy atom. The van der Waals surface area contributed by atoms with E-state index in [1.165, 1.54) is 0 Å². The molecule has 0 aliphatic rings. The van der Waals surface area contributed by atoms with Crippen molar-refractivity contribution < 1.29 is 9.90 Å². The lowest BCUT2D eigenvalue weighted by Gasteiger charge is -2.11. The third-order valence-corrected chi connectivity index (χ3v) is 3.54. The Morgan fingerprint density at radius 3 is 2.22 bits per heavy atom. The molecule has 0 aromatic heterocycles. The fourth-order valence-electron chi connectivity index (χ4n) is 2.28. The number of phenolic OH excluding ortho intramolecular Hbond substituents is 1. The SMILES string of the molecule is Nc1ccc(-c2ccc(O)cc2)cc1NC(=O)c1ccccc1. The number of carbonyl (C=O) groups is 1. The summed E-state index contributed by atoms with van der Waals surface area (Å²) in [5.41, 5.74) is 9.43. The van der Waals surface area contributed by atoms with Gasteiger partial charge in [-0.2, -0.15) is 0 Å². The van der Waals surface area contributed by atoms with Crippen LogP contribution < -0.4 is 11.1 Å². The van der Waals surface area contributed by atoms with Crippen molar-refractivity contribution in [2.45, 2.75) is 0 Å². The van der Waals surface area contributed by atoms with E-state index in [9.17, 15) is 9.90 Å². The number of hydrogen-bond acceptors (Lipinski definition) is 3. The van der Waals surface area contributed by atoms with Crippen LogP contribution in [0.5, 0.6) is 5.75 Å². The van der Waals surface area contributed by atoms with Gasteiger partial charge < -0.3 is 16.2 Å². The smallest absolute Gasteiger partial charge is 0.255 e. The van der Waals surface area contributed by atoms with Crippen LogP contribution in [0.1, 0.15) is 10.4 Å². The summed E-state index contributed by atoms with van der Waals surface area (Å²) in [6.07, 6.45) is 0. The molecule has 0 saturated carbocycles. The first kappa shape index (κ1) is 14.7. The molecule has 0 atom stereocenters. The number of phenols is 1. The molecule has 1 amide bonds. The van der Waals surface area contributed by atoms with Crippen molar-refractivity contribution in [3.63, 3.8) is 0 Å². The van der Waals surface area contributed by atoms with Crippen LogP contribution >= 0.6 is 0 Å². The highest BCUT2D eigenvalue weighted by Gasteiger charge is 2.09. The van der Waals surface area contributed by atoms with Gasteiger partial charge in [-0.15, -0.1) is 0 Å². The van der Waals surface area contributed by atoms with Crippen LogP contribution in [0, 0.1) is 0 Å². The van der Waals surface area contributed by atoms with Gasteiger partial charge in [-0.1, -0.05) is 36.4 Å². The predicted molar refractivity (Wildman–Crippen MR) is 92.4 cm³/mol. The monoisotopic (exact) mass is 304 g/mol. The molecule has 0 bridgehead atoms. The highest BCUT2D eigenvalue weighted by Crippen LogP contribution is 2.28. The summed E-state index contributed by atoms with van der Waals surface area (Å²) >= 11 is 0. The number of anilines is 2. The maximum absolute atomic E-state index is 12.3. The zero-order valence-corrected chi connectivity index (χ0v) is 12.4. The van der Waals surface area contributed by atoms with Crippen LogP contribution in [-0.4, -0.2) is 11.0 Å². The molecule has 0 aliphatic carbocycles. The average molecular weight is 304 g/mol. The van der Waals surface area contributed by atoms with Crippen molar-refractivity contribution in [3.05, 3.63) is 78.4 Å². The standard InChI is InChI=1S/C19H16N2O2/c20-17-11-8-15(13-6-9-16(22)10-7-13)12-18(17)21-19(23)14-4-2-1-3-5-14/h1-12,22H,20H2,(H,21,23). The Bertz CT molecular complexity index is 828. The lowest BCUT2D eigenvalue weighted by atomic mass is 10.0. The topological polar surface area (TPSA) is 75.3 Å². The highest BCUT2D eigenvalue weighted by atomic mass is 16.3. The summed E-state index contributed by atoms with van der Waals surface area (Å²) in [5.74, 6) is 0.00181. The number of nitrogens with two attached hydrogens (primary N) is 1. The second-order valence-corrected chi connectivity index (χ2v) is 5.17. The van der Waals surface area contributed by atoms with Crippen LogP contribution in [-0.2, 0) is 0 Å². The van der Waals surface area contributed by atoms with E-state index in [1.54, 1.807) is 30.3 Å².